The van der Waals surface area contributed by atoms with Gasteiger partial charge < -0.3 is 10.4 Å². The first kappa shape index (κ1) is 35.1. The molecule has 2 amide bonds. The lowest BCUT2D eigenvalue weighted by atomic mass is 10.0. The molecule has 18 heteroatoms. The minimum absolute atomic E-state index is 0.0174. The number of alkyl halides is 6. The summed E-state index contributed by atoms with van der Waals surface area (Å²) < 4.78 is 104. The highest BCUT2D eigenvalue weighted by molar-refractivity contribution is 8.26. The number of nitrogens with one attached hydrogen (secondary N) is 1. The van der Waals surface area contributed by atoms with Crippen LogP contribution in [0.4, 0.5) is 32.0 Å². The Labute approximate surface area is 271 Å². The maximum Gasteiger partial charge on any atom is 0.416 e. The highest BCUT2D eigenvalue weighted by Crippen LogP contribution is 2.41. The van der Waals surface area contributed by atoms with Crippen molar-refractivity contribution in [3.05, 3.63) is 80.4 Å². The van der Waals surface area contributed by atoms with Crippen molar-refractivity contribution in [1.82, 2.24) is 4.90 Å². The largest absolute Gasteiger partial charge is 0.478 e. The van der Waals surface area contributed by atoms with Crippen molar-refractivity contribution < 1.29 is 54.3 Å². The zero-order chi connectivity index (χ0) is 34.2. The first-order valence-electron chi connectivity index (χ1n) is 12.7. The second-order valence-electron chi connectivity index (χ2n) is 9.89. The Morgan fingerprint density at radius 2 is 1.59 bits per heavy atom. The summed E-state index contributed by atoms with van der Waals surface area (Å²) in [6.07, 6.45) is -8.18. The number of benzene rings is 2. The molecule has 0 saturated carbocycles. The lowest BCUT2D eigenvalue weighted by molar-refractivity contribution is -0.143. The number of aromatic carboxylic acids is 1. The number of hydrogen-bond acceptors (Lipinski definition) is 8. The molecule has 1 saturated heterocycles. The van der Waals surface area contributed by atoms with Crippen LogP contribution in [0, 0.1) is 0 Å². The SMILES string of the molecule is CS(=O)(=O)CC[C@@H](C(=O)Nc1ccc(C(=O)O)cc1)N1C(=O)C(=Cc2cc(-c3cc(C(F)(F)F)cc(C(F)(F)F)c3)cs2)SC1=S. The van der Waals surface area contributed by atoms with Crippen molar-refractivity contribution in [2.24, 2.45) is 0 Å². The Balaban J connectivity index is 1.62. The fourth-order valence-electron chi connectivity index (χ4n) is 4.20. The molecule has 0 aliphatic carbocycles. The average molecular weight is 723 g/mol. The van der Waals surface area contributed by atoms with Gasteiger partial charge in [-0.3, -0.25) is 14.5 Å². The minimum atomic E-state index is -5.04. The number of anilines is 1. The fourth-order valence-corrected chi connectivity index (χ4v) is 7.13. The van der Waals surface area contributed by atoms with Crippen LogP contribution >= 0.6 is 35.3 Å². The quantitative estimate of drug-likeness (QED) is 0.141. The maximum atomic E-state index is 13.5. The van der Waals surface area contributed by atoms with Gasteiger partial charge in [-0.15, -0.1) is 11.3 Å². The molecule has 2 aromatic carbocycles. The monoisotopic (exact) mass is 722 g/mol. The van der Waals surface area contributed by atoms with E-state index in [1.54, 1.807) is 0 Å². The molecule has 4 rings (SSSR count). The van der Waals surface area contributed by atoms with E-state index >= 15 is 0 Å². The van der Waals surface area contributed by atoms with E-state index in [2.05, 4.69) is 5.32 Å². The van der Waals surface area contributed by atoms with Gasteiger partial charge in [-0.05, 0) is 77.5 Å². The van der Waals surface area contributed by atoms with E-state index in [1.165, 1.54) is 41.8 Å². The molecule has 0 unspecified atom stereocenters. The van der Waals surface area contributed by atoms with Gasteiger partial charge in [0.2, 0.25) is 5.91 Å². The number of thioether (sulfide) groups is 1. The zero-order valence-electron chi connectivity index (χ0n) is 23.1. The molecule has 2 N–H and O–H groups in total. The summed E-state index contributed by atoms with van der Waals surface area (Å²) >= 11 is 7.02. The third-order valence-electron chi connectivity index (χ3n) is 6.41. The molecule has 0 radical (unpaired) electrons. The number of thiophene rings is 1. The Hall–Kier alpha value is -3.74. The number of rotatable bonds is 9. The Morgan fingerprint density at radius 1 is 1.00 bits per heavy atom. The molecule has 2 heterocycles. The lowest BCUT2D eigenvalue weighted by Crippen LogP contribution is -2.47. The summed E-state index contributed by atoms with van der Waals surface area (Å²) in [6, 6.07) is 6.13. The summed E-state index contributed by atoms with van der Waals surface area (Å²) in [5.74, 6) is -3.29. The molecule has 1 atom stereocenters. The molecule has 0 spiro atoms. The van der Waals surface area contributed by atoms with Crippen LogP contribution < -0.4 is 5.32 Å². The number of thiocarbonyl (C=S) groups is 1. The predicted octanol–water partition coefficient (Wildman–Crippen LogP) is 6.79. The molecule has 0 bridgehead atoms. The topological polar surface area (TPSA) is 121 Å². The molecular formula is C28H20F6N2O6S4. The number of hydrogen-bond donors (Lipinski definition) is 2. The molecule has 1 aliphatic heterocycles. The van der Waals surface area contributed by atoms with Crippen molar-refractivity contribution >= 4 is 79.0 Å². The van der Waals surface area contributed by atoms with E-state index in [1.807, 2.05) is 0 Å². The minimum Gasteiger partial charge on any atom is -0.478 e. The number of carbonyl (C=O) groups is 3. The van der Waals surface area contributed by atoms with E-state index in [-0.39, 0.29) is 49.0 Å². The fraction of sp³-hybridized carbons (Fsp3) is 0.214. The maximum absolute atomic E-state index is 13.5. The van der Waals surface area contributed by atoms with Gasteiger partial charge in [-0.25, -0.2) is 13.2 Å². The molecule has 8 nitrogen and oxygen atoms in total. The Morgan fingerprint density at radius 3 is 2.11 bits per heavy atom. The number of nitrogens with zero attached hydrogens (tertiary/aromatic N) is 1. The third kappa shape index (κ3) is 8.54. The van der Waals surface area contributed by atoms with Gasteiger partial charge in [-0.2, -0.15) is 26.3 Å². The number of carbonyl (C=O) groups excluding carboxylic acids is 2. The normalized spacial score (nSPS) is 15.8. The summed E-state index contributed by atoms with van der Waals surface area (Å²) in [5, 5.41) is 12.9. The Bertz CT molecular complexity index is 1820. The molecule has 1 aliphatic rings. The second kappa shape index (κ2) is 13.2. The smallest absolute Gasteiger partial charge is 0.416 e. The number of carboxylic acid groups (broad SMARTS) is 1. The van der Waals surface area contributed by atoms with Crippen LogP contribution in [0.5, 0.6) is 0 Å². The standard InChI is InChI=1S/C28H20F6N2O6S4/c1-46(41,42)7-6-21(23(37)35-19-4-2-14(3-5-19)25(39)40)36-24(38)22(45-26(36)43)12-20-10-16(13-44-20)15-8-17(27(29,30)31)11-18(9-15)28(32,33)34/h2-5,8-13,21H,6-7H2,1H3,(H,35,37)(H,39,40)/t21-/m0/s1. The zero-order valence-corrected chi connectivity index (χ0v) is 26.4. The van der Waals surface area contributed by atoms with Crippen molar-refractivity contribution in [2.75, 3.05) is 17.3 Å². The van der Waals surface area contributed by atoms with Crippen molar-refractivity contribution in [1.29, 1.82) is 0 Å². The van der Waals surface area contributed by atoms with Crippen molar-refractivity contribution in [2.45, 2.75) is 24.8 Å². The van der Waals surface area contributed by atoms with Gasteiger partial charge >= 0.3 is 18.3 Å². The highest BCUT2D eigenvalue weighted by Gasteiger charge is 2.41. The van der Waals surface area contributed by atoms with Gasteiger partial charge in [-0.1, -0.05) is 24.0 Å². The number of amides is 2. The average Bonchev–Trinajstić information content (AvgIpc) is 3.51. The first-order valence-corrected chi connectivity index (χ1v) is 16.9. The van der Waals surface area contributed by atoms with E-state index < -0.39 is 62.9 Å². The lowest BCUT2D eigenvalue weighted by Gasteiger charge is -2.25. The second-order valence-corrected chi connectivity index (χ2v) is 14.8. The van der Waals surface area contributed by atoms with E-state index in [9.17, 15) is 49.1 Å². The van der Waals surface area contributed by atoms with Crippen LogP contribution in [0.25, 0.3) is 17.2 Å². The molecule has 244 valence electrons. The highest BCUT2D eigenvalue weighted by atomic mass is 32.2. The first-order chi connectivity index (χ1) is 21.2. The van der Waals surface area contributed by atoms with E-state index in [0.717, 1.165) is 34.3 Å². The van der Waals surface area contributed by atoms with Crippen LogP contribution in [0.15, 0.2) is 58.8 Å². The Kier molecular flexibility index (Phi) is 10.1. The van der Waals surface area contributed by atoms with Gasteiger partial charge in [0, 0.05) is 16.8 Å². The van der Waals surface area contributed by atoms with Crippen molar-refractivity contribution in [3.63, 3.8) is 0 Å². The molecular weight excluding hydrogens is 703 g/mol. The van der Waals surface area contributed by atoms with Crippen LogP contribution in [-0.4, -0.2) is 58.6 Å². The van der Waals surface area contributed by atoms with Crippen molar-refractivity contribution in [3.8, 4) is 11.1 Å². The van der Waals surface area contributed by atoms with Gasteiger partial charge in [0.25, 0.3) is 5.91 Å². The molecule has 46 heavy (non-hydrogen) atoms. The number of carboxylic acids is 1. The van der Waals surface area contributed by atoms with Crippen LogP contribution in [0.3, 0.4) is 0 Å². The molecule has 1 fully saturated rings. The van der Waals surface area contributed by atoms with Crippen LogP contribution in [-0.2, 0) is 31.8 Å². The number of halogens is 6. The van der Waals surface area contributed by atoms with Crippen LogP contribution in [0.2, 0.25) is 0 Å². The molecule has 3 aromatic rings. The van der Waals surface area contributed by atoms with Gasteiger partial charge in [0.1, 0.15) is 20.2 Å². The predicted molar refractivity (Wildman–Crippen MR) is 165 cm³/mol. The van der Waals surface area contributed by atoms with E-state index in [4.69, 9.17) is 17.3 Å². The summed E-state index contributed by atoms with van der Waals surface area (Å²) in [5.41, 5.74) is -3.18. The third-order valence-corrected chi connectivity index (χ3v) is 9.60. The van der Waals surface area contributed by atoms with Crippen LogP contribution in [0.1, 0.15) is 32.8 Å². The van der Waals surface area contributed by atoms with Gasteiger partial charge in [0.15, 0.2) is 0 Å². The van der Waals surface area contributed by atoms with E-state index in [0.29, 0.717) is 12.1 Å². The van der Waals surface area contributed by atoms with Gasteiger partial charge in [0.05, 0.1) is 27.3 Å². The summed E-state index contributed by atoms with van der Waals surface area (Å²) in [7, 11) is -3.60. The number of sulfone groups is 1. The molecule has 1 aromatic heterocycles. The summed E-state index contributed by atoms with van der Waals surface area (Å²) in [6.45, 7) is 0. The summed E-state index contributed by atoms with van der Waals surface area (Å²) in [4.78, 5) is 39.0.